The van der Waals surface area contributed by atoms with Crippen LogP contribution in [0.25, 0.3) is 0 Å². The van der Waals surface area contributed by atoms with Crippen LogP contribution in [-0.4, -0.2) is 46.6 Å². The molecule has 0 spiro atoms. The van der Waals surface area contributed by atoms with E-state index < -0.39 is 30.3 Å². The van der Waals surface area contributed by atoms with Crippen molar-refractivity contribution in [2.24, 2.45) is 5.92 Å². The first-order chi connectivity index (χ1) is 11.2. The van der Waals surface area contributed by atoms with Crippen LogP contribution in [0.1, 0.15) is 25.0 Å². The maximum Gasteiger partial charge on any atom is 0.334 e. The molecule has 0 unspecified atom stereocenters. The highest BCUT2D eigenvalue weighted by molar-refractivity contribution is 6.45. The fourth-order valence-corrected chi connectivity index (χ4v) is 2.55. The minimum atomic E-state index is -0.961. The summed E-state index contributed by atoms with van der Waals surface area (Å²) in [7, 11) is 0. The minimum absolute atomic E-state index is 0.0362. The van der Waals surface area contributed by atoms with Crippen LogP contribution in [0.5, 0.6) is 0 Å². The SMILES string of the molecule is Cc1cccc(C)c1NC(=O)CN1C(=O)C(=O)N(CC(C)C)C1=O. The summed E-state index contributed by atoms with van der Waals surface area (Å²) < 4.78 is 0. The Labute approximate surface area is 140 Å². The molecule has 1 N–H and O–H groups in total. The van der Waals surface area contributed by atoms with E-state index in [4.69, 9.17) is 0 Å². The summed E-state index contributed by atoms with van der Waals surface area (Å²) in [5.74, 6) is -2.33. The summed E-state index contributed by atoms with van der Waals surface area (Å²) in [5.41, 5.74) is 2.40. The van der Waals surface area contributed by atoms with E-state index in [1.54, 1.807) is 0 Å². The lowest BCUT2D eigenvalue weighted by atomic mass is 10.1. The van der Waals surface area contributed by atoms with E-state index in [0.717, 1.165) is 16.0 Å². The Morgan fingerprint density at radius 1 is 1.04 bits per heavy atom. The summed E-state index contributed by atoms with van der Waals surface area (Å²) in [6, 6.07) is 4.83. The Bertz CT molecular complexity index is 692. The number of hydrogen-bond acceptors (Lipinski definition) is 4. The maximum absolute atomic E-state index is 12.2. The maximum atomic E-state index is 12.2. The molecule has 0 aliphatic carbocycles. The molecule has 1 heterocycles. The van der Waals surface area contributed by atoms with Gasteiger partial charge >= 0.3 is 17.8 Å². The molecular weight excluding hydrogens is 310 g/mol. The fraction of sp³-hybridized carbons (Fsp3) is 0.412. The van der Waals surface area contributed by atoms with Gasteiger partial charge in [0, 0.05) is 12.2 Å². The van der Waals surface area contributed by atoms with Crippen molar-refractivity contribution in [3.8, 4) is 0 Å². The van der Waals surface area contributed by atoms with Gasteiger partial charge in [-0.2, -0.15) is 0 Å². The Kier molecular flexibility index (Phi) is 5.02. The molecule has 7 nitrogen and oxygen atoms in total. The van der Waals surface area contributed by atoms with Crippen LogP contribution in [-0.2, 0) is 14.4 Å². The summed E-state index contributed by atoms with van der Waals surface area (Å²) >= 11 is 0. The van der Waals surface area contributed by atoms with Gasteiger partial charge in [0.15, 0.2) is 0 Å². The normalized spacial score (nSPS) is 14.8. The smallest absolute Gasteiger partial charge is 0.324 e. The van der Waals surface area contributed by atoms with E-state index in [1.807, 2.05) is 45.9 Å². The van der Waals surface area contributed by atoms with Gasteiger partial charge in [-0.05, 0) is 30.9 Å². The molecule has 1 aliphatic heterocycles. The second-order valence-corrected chi connectivity index (χ2v) is 6.30. The van der Waals surface area contributed by atoms with Crippen molar-refractivity contribution >= 4 is 29.4 Å². The Morgan fingerprint density at radius 3 is 2.12 bits per heavy atom. The molecule has 1 fully saturated rings. The predicted molar refractivity (Wildman–Crippen MR) is 88.2 cm³/mol. The summed E-state index contributed by atoms with van der Waals surface area (Å²) in [6.07, 6.45) is 0. The van der Waals surface area contributed by atoms with E-state index in [-0.39, 0.29) is 12.5 Å². The van der Waals surface area contributed by atoms with Gasteiger partial charge in [0.1, 0.15) is 6.54 Å². The van der Waals surface area contributed by atoms with Gasteiger partial charge in [-0.3, -0.25) is 19.3 Å². The molecule has 24 heavy (non-hydrogen) atoms. The number of anilines is 1. The summed E-state index contributed by atoms with van der Waals surface area (Å²) in [4.78, 5) is 49.9. The van der Waals surface area contributed by atoms with Crippen LogP contribution in [0.4, 0.5) is 10.5 Å². The number of para-hydroxylation sites is 1. The van der Waals surface area contributed by atoms with E-state index in [0.29, 0.717) is 10.6 Å². The van der Waals surface area contributed by atoms with Gasteiger partial charge < -0.3 is 5.32 Å². The molecule has 5 amide bonds. The molecule has 1 saturated heterocycles. The van der Waals surface area contributed by atoms with Crippen molar-refractivity contribution in [2.75, 3.05) is 18.4 Å². The van der Waals surface area contributed by atoms with Crippen molar-refractivity contribution in [1.82, 2.24) is 9.80 Å². The van der Waals surface area contributed by atoms with Crippen LogP contribution in [0.3, 0.4) is 0 Å². The quantitative estimate of drug-likeness (QED) is 0.657. The first kappa shape index (κ1) is 17.7. The predicted octanol–water partition coefficient (Wildman–Crippen LogP) is 1.69. The molecule has 1 aliphatic rings. The average Bonchev–Trinajstić information content (AvgIpc) is 2.68. The lowest BCUT2D eigenvalue weighted by molar-refractivity contribution is -0.143. The number of carbonyl (C=O) groups excluding carboxylic acids is 4. The van der Waals surface area contributed by atoms with Gasteiger partial charge in [-0.15, -0.1) is 0 Å². The zero-order valence-electron chi connectivity index (χ0n) is 14.3. The molecule has 7 heteroatoms. The second kappa shape index (κ2) is 6.82. The third-order valence-electron chi connectivity index (χ3n) is 3.73. The number of nitrogens with one attached hydrogen (secondary N) is 1. The molecule has 1 aromatic rings. The first-order valence-corrected chi connectivity index (χ1v) is 7.75. The minimum Gasteiger partial charge on any atom is -0.324 e. The summed E-state index contributed by atoms with van der Waals surface area (Å²) in [6.45, 7) is 7.04. The van der Waals surface area contributed by atoms with Gasteiger partial charge in [-0.25, -0.2) is 9.69 Å². The molecule has 0 aromatic heterocycles. The highest BCUT2D eigenvalue weighted by atomic mass is 16.2. The number of hydrogen-bond donors (Lipinski definition) is 1. The second-order valence-electron chi connectivity index (χ2n) is 6.30. The molecule has 128 valence electrons. The Hall–Kier alpha value is -2.70. The number of aryl methyl sites for hydroxylation is 2. The van der Waals surface area contributed by atoms with Crippen LogP contribution < -0.4 is 5.32 Å². The molecular formula is C17H21N3O4. The lowest BCUT2D eigenvalue weighted by Crippen LogP contribution is -2.39. The number of nitrogens with zero attached hydrogens (tertiary/aromatic N) is 2. The van der Waals surface area contributed by atoms with E-state index in [2.05, 4.69) is 5.32 Å². The number of carbonyl (C=O) groups is 4. The highest BCUT2D eigenvalue weighted by Crippen LogP contribution is 2.20. The van der Waals surface area contributed by atoms with Gasteiger partial charge in [0.2, 0.25) is 5.91 Å². The molecule has 0 atom stereocenters. The van der Waals surface area contributed by atoms with Crippen molar-refractivity contribution < 1.29 is 19.2 Å². The van der Waals surface area contributed by atoms with E-state index >= 15 is 0 Å². The van der Waals surface area contributed by atoms with Crippen molar-refractivity contribution in [1.29, 1.82) is 0 Å². The number of benzene rings is 1. The topological polar surface area (TPSA) is 86.8 Å². The standard InChI is InChI=1S/C17H21N3O4/c1-10(2)8-19-15(22)16(23)20(17(19)24)9-13(21)18-14-11(3)6-5-7-12(14)4/h5-7,10H,8-9H2,1-4H3,(H,18,21). The number of imide groups is 2. The van der Waals surface area contributed by atoms with Gasteiger partial charge in [0.25, 0.3) is 0 Å². The largest absolute Gasteiger partial charge is 0.334 e. The molecule has 0 bridgehead atoms. The molecule has 2 rings (SSSR count). The molecule has 1 aromatic carbocycles. The lowest BCUT2D eigenvalue weighted by Gasteiger charge is -2.17. The Balaban J connectivity index is 2.10. The Morgan fingerprint density at radius 2 is 1.58 bits per heavy atom. The zero-order chi connectivity index (χ0) is 18.0. The third kappa shape index (κ3) is 3.45. The highest BCUT2D eigenvalue weighted by Gasteiger charge is 2.45. The van der Waals surface area contributed by atoms with Crippen LogP contribution >= 0.6 is 0 Å². The number of amides is 5. The van der Waals surface area contributed by atoms with Crippen LogP contribution in [0, 0.1) is 19.8 Å². The van der Waals surface area contributed by atoms with E-state index in [1.165, 1.54) is 0 Å². The molecule has 0 radical (unpaired) electrons. The fourth-order valence-electron chi connectivity index (χ4n) is 2.55. The monoisotopic (exact) mass is 331 g/mol. The van der Waals surface area contributed by atoms with E-state index in [9.17, 15) is 19.2 Å². The van der Waals surface area contributed by atoms with Gasteiger partial charge in [0.05, 0.1) is 0 Å². The summed E-state index contributed by atoms with van der Waals surface area (Å²) in [5, 5.41) is 2.70. The zero-order valence-corrected chi connectivity index (χ0v) is 14.3. The number of urea groups is 1. The van der Waals surface area contributed by atoms with Gasteiger partial charge in [-0.1, -0.05) is 32.0 Å². The van der Waals surface area contributed by atoms with Crippen LogP contribution in [0.15, 0.2) is 18.2 Å². The average molecular weight is 331 g/mol. The van der Waals surface area contributed by atoms with Crippen LogP contribution in [0.2, 0.25) is 0 Å². The number of rotatable bonds is 5. The first-order valence-electron chi connectivity index (χ1n) is 7.75. The van der Waals surface area contributed by atoms with Crippen molar-refractivity contribution in [3.63, 3.8) is 0 Å². The third-order valence-corrected chi connectivity index (χ3v) is 3.73. The van der Waals surface area contributed by atoms with Crippen molar-refractivity contribution in [2.45, 2.75) is 27.7 Å². The van der Waals surface area contributed by atoms with Crippen molar-refractivity contribution in [3.05, 3.63) is 29.3 Å². The molecule has 0 saturated carbocycles.